The number of aromatic nitrogens is 1. The van der Waals surface area contributed by atoms with Crippen molar-refractivity contribution in [3.05, 3.63) is 36.0 Å². The first-order chi connectivity index (χ1) is 9.54. The van der Waals surface area contributed by atoms with Gasteiger partial charge in [-0.25, -0.2) is 0 Å². The molecule has 2 rings (SSSR count). The fourth-order valence-electron chi connectivity index (χ4n) is 2.12. The van der Waals surface area contributed by atoms with Crippen molar-refractivity contribution in [2.75, 3.05) is 13.7 Å². The number of hydrogen-bond acceptors (Lipinski definition) is 3. The number of nitrogens with one attached hydrogen (secondary N) is 1. The van der Waals surface area contributed by atoms with Gasteiger partial charge < -0.3 is 14.6 Å². The highest BCUT2D eigenvalue weighted by Gasteiger charge is 2.23. The van der Waals surface area contributed by atoms with Crippen molar-refractivity contribution in [1.29, 1.82) is 0 Å². The number of nitrogens with zero attached hydrogens (tertiary/aromatic N) is 1. The summed E-state index contributed by atoms with van der Waals surface area (Å²) in [5, 5.41) is 0.855. The van der Waals surface area contributed by atoms with Gasteiger partial charge in [0.2, 0.25) is 0 Å². The van der Waals surface area contributed by atoms with Crippen LogP contribution in [-0.4, -0.2) is 41.5 Å². The molecule has 1 aromatic carbocycles. The summed E-state index contributed by atoms with van der Waals surface area (Å²) in [4.78, 5) is 28.7. The van der Waals surface area contributed by atoms with Crippen molar-refractivity contribution in [2.45, 2.75) is 19.9 Å². The highest BCUT2D eigenvalue weighted by Crippen LogP contribution is 2.20. The lowest BCUT2D eigenvalue weighted by molar-refractivity contribution is -0.141. The minimum atomic E-state index is -0.423. The first kappa shape index (κ1) is 14.1. The Bertz CT molecular complexity index is 631. The average Bonchev–Trinajstić information content (AvgIpc) is 2.91. The molecule has 1 heterocycles. The summed E-state index contributed by atoms with van der Waals surface area (Å²) in [5.74, 6) is -0.594. The number of methoxy groups -OCH3 is 1. The summed E-state index contributed by atoms with van der Waals surface area (Å²) in [7, 11) is 1.32. The van der Waals surface area contributed by atoms with Crippen molar-refractivity contribution in [2.24, 2.45) is 0 Å². The third-order valence-electron chi connectivity index (χ3n) is 3.24. The van der Waals surface area contributed by atoms with Gasteiger partial charge in [0, 0.05) is 28.7 Å². The minimum Gasteiger partial charge on any atom is -0.468 e. The zero-order valence-electron chi connectivity index (χ0n) is 11.8. The van der Waals surface area contributed by atoms with Gasteiger partial charge in [-0.2, -0.15) is 0 Å². The number of ether oxygens (including phenoxy) is 1. The Kier molecular flexibility index (Phi) is 4.08. The van der Waals surface area contributed by atoms with Crippen LogP contribution < -0.4 is 0 Å². The lowest BCUT2D eigenvalue weighted by Gasteiger charge is -2.25. The van der Waals surface area contributed by atoms with Gasteiger partial charge in [0.1, 0.15) is 6.54 Å². The molecule has 0 radical (unpaired) electrons. The molecule has 1 aromatic heterocycles. The van der Waals surface area contributed by atoms with Gasteiger partial charge in [-0.1, -0.05) is 6.07 Å². The molecule has 0 aliphatic heterocycles. The number of hydrogen-bond donors (Lipinski definition) is 1. The number of amides is 1. The van der Waals surface area contributed by atoms with E-state index in [0.717, 1.165) is 10.9 Å². The molecule has 0 saturated heterocycles. The Morgan fingerprint density at radius 3 is 2.70 bits per heavy atom. The number of carbonyl (C=O) groups excluding carboxylic acids is 2. The number of benzene rings is 1. The molecule has 0 unspecified atom stereocenters. The van der Waals surface area contributed by atoms with E-state index >= 15 is 0 Å². The van der Waals surface area contributed by atoms with E-state index in [1.807, 2.05) is 32.0 Å². The van der Waals surface area contributed by atoms with Crippen LogP contribution in [0.5, 0.6) is 0 Å². The largest absolute Gasteiger partial charge is 0.468 e. The van der Waals surface area contributed by atoms with Gasteiger partial charge in [0.15, 0.2) is 0 Å². The lowest BCUT2D eigenvalue weighted by Crippen LogP contribution is -2.41. The maximum absolute atomic E-state index is 12.7. The quantitative estimate of drug-likeness (QED) is 0.869. The molecule has 106 valence electrons. The molecule has 0 spiro atoms. The van der Waals surface area contributed by atoms with E-state index in [2.05, 4.69) is 9.72 Å². The smallest absolute Gasteiger partial charge is 0.325 e. The van der Waals surface area contributed by atoms with Crippen molar-refractivity contribution in [3.8, 4) is 0 Å². The Hall–Kier alpha value is -2.30. The number of aromatic amines is 1. The van der Waals surface area contributed by atoms with Crippen LogP contribution in [0.2, 0.25) is 0 Å². The lowest BCUT2D eigenvalue weighted by atomic mass is 10.1. The van der Waals surface area contributed by atoms with Crippen LogP contribution in [0.15, 0.2) is 30.5 Å². The molecule has 1 amide bonds. The first-order valence-electron chi connectivity index (χ1n) is 6.48. The van der Waals surface area contributed by atoms with E-state index in [0.29, 0.717) is 5.56 Å². The summed E-state index contributed by atoms with van der Waals surface area (Å²) >= 11 is 0. The molecule has 0 atom stereocenters. The van der Waals surface area contributed by atoms with Crippen LogP contribution in [0.1, 0.15) is 24.2 Å². The zero-order valence-corrected chi connectivity index (χ0v) is 11.8. The molecule has 0 bridgehead atoms. The summed E-state index contributed by atoms with van der Waals surface area (Å²) in [6, 6.07) is 7.27. The van der Waals surface area contributed by atoms with Crippen molar-refractivity contribution in [3.63, 3.8) is 0 Å². The van der Waals surface area contributed by atoms with Gasteiger partial charge >= 0.3 is 5.97 Å². The molecule has 0 saturated carbocycles. The molecule has 0 aliphatic rings. The van der Waals surface area contributed by atoms with Gasteiger partial charge in [0.05, 0.1) is 7.11 Å². The third-order valence-corrected chi connectivity index (χ3v) is 3.24. The Labute approximate surface area is 117 Å². The van der Waals surface area contributed by atoms with E-state index in [-0.39, 0.29) is 18.5 Å². The molecular formula is C15H18N2O3. The minimum absolute atomic E-state index is 0.0478. The monoisotopic (exact) mass is 274 g/mol. The van der Waals surface area contributed by atoms with Crippen LogP contribution in [-0.2, 0) is 9.53 Å². The van der Waals surface area contributed by atoms with Crippen LogP contribution in [0.25, 0.3) is 10.9 Å². The highest BCUT2D eigenvalue weighted by atomic mass is 16.5. The van der Waals surface area contributed by atoms with E-state index in [4.69, 9.17) is 0 Å². The zero-order chi connectivity index (χ0) is 14.7. The molecule has 0 fully saturated rings. The fraction of sp³-hybridized carbons (Fsp3) is 0.333. The second-order valence-electron chi connectivity index (χ2n) is 4.85. The van der Waals surface area contributed by atoms with E-state index in [1.165, 1.54) is 12.0 Å². The number of esters is 1. The van der Waals surface area contributed by atoms with Crippen LogP contribution in [0.3, 0.4) is 0 Å². The number of rotatable bonds is 4. The van der Waals surface area contributed by atoms with Crippen LogP contribution in [0.4, 0.5) is 0 Å². The summed E-state index contributed by atoms with van der Waals surface area (Å²) in [5.41, 5.74) is 1.49. The second kappa shape index (κ2) is 5.77. The Morgan fingerprint density at radius 2 is 2.05 bits per heavy atom. The van der Waals surface area contributed by atoms with E-state index < -0.39 is 5.97 Å². The first-order valence-corrected chi connectivity index (χ1v) is 6.48. The summed E-state index contributed by atoms with van der Waals surface area (Å²) in [6.45, 7) is 3.70. The van der Waals surface area contributed by atoms with E-state index in [9.17, 15) is 9.59 Å². The summed E-state index contributed by atoms with van der Waals surface area (Å²) < 4.78 is 4.65. The topological polar surface area (TPSA) is 62.4 Å². The molecule has 1 N–H and O–H groups in total. The van der Waals surface area contributed by atoms with Crippen LogP contribution >= 0.6 is 0 Å². The van der Waals surface area contributed by atoms with Crippen molar-refractivity contribution in [1.82, 2.24) is 9.88 Å². The predicted octanol–water partition coefficient (Wildman–Crippen LogP) is 2.19. The number of carbonyl (C=O) groups is 2. The Balaban J connectivity index is 2.36. The maximum Gasteiger partial charge on any atom is 0.325 e. The molecule has 20 heavy (non-hydrogen) atoms. The molecule has 0 aliphatic carbocycles. The van der Waals surface area contributed by atoms with Gasteiger partial charge in [-0.3, -0.25) is 9.59 Å². The third kappa shape index (κ3) is 2.66. The second-order valence-corrected chi connectivity index (χ2v) is 4.85. The van der Waals surface area contributed by atoms with Crippen molar-refractivity contribution >= 4 is 22.8 Å². The molecule has 5 heteroatoms. The predicted molar refractivity (Wildman–Crippen MR) is 76.5 cm³/mol. The molecule has 2 aromatic rings. The number of fused-ring (bicyclic) bond motifs is 1. The SMILES string of the molecule is COC(=O)CN(C(=O)c1cccc2[nH]ccc12)C(C)C. The van der Waals surface area contributed by atoms with Crippen molar-refractivity contribution < 1.29 is 14.3 Å². The van der Waals surface area contributed by atoms with Gasteiger partial charge in [-0.15, -0.1) is 0 Å². The fourth-order valence-corrected chi connectivity index (χ4v) is 2.12. The van der Waals surface area contributed by atoms with Gasteiger partial charge in [-0.05, 0) is 32.0 Å². The average molecular weight is 274 g/mol. The molecular weight excluding hydrogens is 256 g/mol. The van der Waals surface area contributed by atoms with Gasteiger partial charge in [0.25, 0.3) is 5.91 Å². The molecule has 5 nitrogen and oxygen atoms in total. The highest BCUT2D eigenvalue weighted by molar-refractivity contribution is 6.07. The van der Waals surface area contributed by atoms with E-state index in [1.54, 1.807) is 12.3 Å². The standard InChI is InChI=1S/C15H18N2O3/c1-10(2)17(9-14(18)20-3)15(19)12-5-4-6-13-11(12)7-8-16-13/h4-8,10,16H,9H2,1-3H3. The Morgan fingerprint density at radius 1 is 1.30 bits per heavy atom. The maximum atomic E-state index is 12.7. The number of H-pyrrole nitrogens is 1. The normalized spacial score (nSPS) is 10.8. The summed E-state index contributed by atoms with van der Waals surface area (Å²) in [6.07, 6.45) is 1.79. The van der Waals surface area contributed by atoms with Crippen LogP contribution in [0, 0.1) is 0 Å².